The quantitative estimate of drug-likeness (QED) is 0.122. The van der Waals surface area contributed by atoms with Crippen LogP contribution in [0.4, 0.5) is 4.79 Å². The van der Waals surface area contributed by atoms with Crippen molar-refractivity contribution in [1.82, 2.24) is 15.1 Å². The number of methoxy groups -OCH3 is 2. The number of carbonyl (C=O) groups excluding carboxylic acids is 2. The van der Waals surface area contributed by atoms with Crippen LogP contribution in [0.2, 0.25) is 10.0 Å². The first-order chi connectivity index (χ1) is 24.7. The van der Waals surface area contributed by atoms with Gasteiger partial charge in [0.1, 0.15) is 0 Å². The average molecular weight is 798 g/mol. The molecule has 1 N–H and O–H groups in total. The van der Waals surface area contributed by atoms with Crippen LogP contribution in [0.25, 0.3) is 0 Å². The van der Waals surface area contributed by atoms with Crippen LogP contribution in [0.15, 0.2) is 95.5 Å². The number of aryl methyl sites for hydroxylation is 1. The van der Waals surface area contributed by atoms with E-state index in [4.69, 9.17) is 37.4 Å². The van der Waals surface area contributed by atoms with E-state index < -0.39 is 6.09 Å². The molecule has 51 heavy (non-hydrogen) atoms. The molecule has 2 atom stereocenters. The van der Waals surface area contributed by atoms with E-state index in [-0.39, 0.29) is 17.7 Å². The van der Waals surface area contributed by atoms with E-state index in [1.54, 1.807) is 30.2 Å². The monoisotopic (exact) mass is 795 g/mol. The Kier molecular flexibility index (Phi) is 14.5. The summed E-state index contributed by atoms with van der Waals surface area (Å²) in [4.78, 5) is 31.5. The predicted molar refractivity (Wildman–Crippen MR) is 206 cm³/mol. The average Bonchev–Trinajstić information content (AvgIpc) is 3.58. The molecule has 1 aliphatic rings. The molecule has 0 radical (unpaired) electrons. The van der Waals surface area contributed by atoms with Crippen LogP contribution in [0.5, 0.6) is 17.2 Å². The highest BCUT2D eigenvalue weighted by molar-refractivity contribution is 9.10. The molecule has 4 aromatic rings. The highest BCUT2D eigenvalue weighted by atomic mass is 79.9. The first-order valence-electron chi connectivity index (χ1n) is 17.1. The van der Waals surface area contributed by atoms with Gasteiger partial charge in [-0.25, -0.2) is 4.79 Å². The lowest BCUT2D eigenvalue weighted by molar-refractivity contribution is -0.132. The SMILES string of the molecule is COc1cc(Br)c(OC(=O)N(Cc2ccccc2)CC2CNC[C@H]2CN(CCc2ccc(Cl)cc2Cl)C(=O)CCCc2ccccc2)cc1OC. The number of nitrogens with one attached hydrogen (secondary N) is 1. The molecule has 0 aromatic heterocycles. The number of nitrogens with zero attached hydrogens (tertiary/aromatic N) is 2. The van der Waals surface area contributed by atoms with Gasteiger partial charge in [0, 0.05) is 67.9 Å². The molecule has 1 saturated heterocycles. The number of carbonyl (C=O) groups is 2. The van der Waals surface area contributed by atoms with Crippen molar-refractivity contribution in [3.8, 4) is 17.2 Å². The minimum Gasteiger partial charge on any atom is -0.493 e. The predicted octanol–water partition coefficient (Wildman–Crippen LogP) is 8.70. The molecule has 11 heteroatoms. The van der Waals surface area contributed by atoms with Gasteiger partial charge in [0.25, 0.3) is 0 Å². The molecular formula is C40H44BrCl2N3O5. The highest BCUT2D eigenvalue weighted by Crippen LogP contribution is 2.38. The summed E-state index contributed by atoms with van der Waals surface area (Å²) in [7, 11) is 3.09. The second-order valence-corrected chi connectivity index (χ2v) is 14.4. The lowest BCUT2D eigenvalue weighted by Crippen LogP contribution is -2.43. The normalized spacial score (nSPS) is 15.3. The van der Waals surface area contributed by atoms with Gasteiger partial charge in [0.2, 0.25) is 5.91 Å². The van der Waals surface area contributed by atoms with Gasteiger partial charge in [-0.15, -0.1) is 0 Å². The molecule has 0 bridgehead atoms. The van der Waals surface area contributed by atoms with Crippen molar-refractivity contribution in [3.05, 3.63) is 122 Å². The van der Waals surface area contributed by atoms with Crippen molar-refractivity contribution in [1.29, 1.82) is 0 Å². The van der Waals surface area contributed by atoms with E-state index >= 15 is 0 Å². The van der Waals surface area contributed by atoms with Gasteiger partial charge in [-0.1, -0.05) is 89.9 Å². The maximum absolute atomic E-state index is 13.9. The van der Waals surface area contributed by atoms with Crippen LogP contribution in [0.1, 0.15) is 29.5 Å². The Balaban J connectivity index is 1.32. The smallest absolute Gasteiger partial charge is 0.415 e. The topological polar surface area (TPSA) is 80.3 Å². The van der Waals surface area contributed by atoms with Crippen LogP contribution in [-0.2, 0) is 24.2 Å². The Morgan fingerprint density at radius 1 is 0.784 bits per heavy atom. The number of amides is 2. The Bertz CT molecular complexity index is 1750. The van der Waals surface area contributed by atoms with Crippen molar-refractivity contribution in [2.75, 3.05) is 46.9 Å². The zero-order valence-corrected chi connectivity index (χ0v) is 32.1. The zero-order valence-electron chi connectivity index (χ0n) is 29.0. The van der Waals surface area contributed by atoms with Crippen LogP contribution in [0.3, 0.4) is 0 Å². The fourth-order valence-electron chi connectivity index (χ4n) is 6.40. The standard InChI is InChI=1S/C40H44BrCl2N3O5/c1-49-37-21-34(41)36(22-38(37)50-2)51-40(48)46(25-29-12-7-4-8-13-29)27-32-24-44-23-31(32)26-45(19-18-30-16-17-33(42)20-35(30)43)39(47)15-9-14-28-10-5-3-6-11-28/h3-8,10-13,16-17,20-22,31-32,44H,9,14-15,18-19,23-27H2,1-2H3/t31-,32?/m0/s1. The summed E-state index contributed by atoms with van der Waals surface area (Å²) in [5.74, 6) is 1.59. The molecule has 1 unspecified atom stereocenters. The Morgan fingerprint density at radius 3 is 2.06 bits per heavy atom. The van der Waals surface area contributed by atoms with Crippen molar-refractivity contribution < 1.29 is 23.8 Å². The lowest BCUT2D eigenvalue weighted by Gasteiger charge is -2.31. The van der Waals surface area contributed by atoms with E-state index in [1.165, 1.54) is 12.7 Å². The van der Waals surface area contributed by atoms with E-state index in [0.29, 0.717) is 77.3 Å². The number of rotatable bonds is 16. The van der Waals surface area contributed by atoms with E-state index in [1.807, 2.05) is 65.6 Å². The molecular weight excluding hydrogens is 753 g/mol. The maximum Gasteiger partial charge on any atom is 0.415 e. The number of benzene rings is 4. The second-order valence-electron chi connectivity index (χ2n) is 12.7. The molecule has 8 nitrogen and oxygen atoms in total. The number of hydrogen-bond donors (Lipinski definition) is 1. The molecule has 1 aliphatic heterocycles. The molecule has 0 spiro atoms. The lowest BCUT2D eigenvalue weighted by atomic mass is 9.94. The molecule has 0 saturated carbocycles. The summed E-state index contributed by atoms with van der Waals surface area (Å²) in [5.41, 5.74) is 3.15. The largest absolute Gasteiger partial charge is 0.493 e. The van der Waals surface area contributed by atoms with Crippen LogP contribution in [-0.4, -0.2) is 68.7 Å². The Morgan fingerprint density at radius 2 is 1.41 bits per heavy atom. The van der Waals surface area contributed by atoms with Crippen molar-refractivity contribution in [2.24, 2.45) is 11.8 Å². The zero-order chi connectivity index (χ0) is 36.2. The van der Waals surface area contributed by atoms with Gasteiger partial charge in [0.15, 0.2) is 17.2 Å². The van der Waals surface area contributed by atoms with E-state index in [9.17, 15) is 9.59 Å². The van der Waals surface area contributed by atoms with Crippen molar-refractivity contribution in [3.63, 3.8) is 0 Å². The van der Waals surface area contributed by atoms with Crippen molar-refractivity contribution >= 4 is 51.1 Å². The second kappa shape index (κ2) is 19.2. The number of ether oxygens (including phenoxy) is 3. The van der Waals surface area contributed by atoms with Gasteiger partial charge in [-0.3, -0.25) is 4.79 Å². The third kappa shape index (κ3) is 11.1. The fourth-order valence-corrected chi connectivity index (χ4v) is 7.31. The van der Waals surface area contributed by atoms with E-state index in [2.05, 4.69) is 33.4 Å². The minimum atomic E-state index is -0.483. The summed E-state index contributed by atoms with van der Waals surface area (Å²) < 4.78 is 17.4. The molecule has 0 aliphatic carbocycles. The Labute approximate surface area is 319 Å². The highest BCUT2D eigenvalue weighted by Gasteiger charge is 2.33. The molecule has 2 amide bonds. The number of hydrogen-bond acceptors (Lipinski definition) is 6. The van der Waals surface area contributed by atoms with Crippen molar-refractivity contribution in [2.45, 2.75) is 32.2 Å². The van der Waals surface area contributed by atoms with Crippen LogP contribution >= 0.6 is 39.1 Å². The first-order valence-corrected chi connectivity index (χ1v) is 18.7. The third-order valence-electron chi connectivity index (χ3n) is 9.22. The van der Waals surface area contributed by atoms with Gasteiger partial charge in [0.05, 0.1) is 18.7 Å². The van der Waals surface area contributed by atoms with Gasteiger partial charge in [-0.05, 0) is 75.9 Å². The molecule has 4 aromatic carbocycles. The summed E-state index contributed by atoms with van der Waals surface area (Å²) in [6.07, 6.45) is 2.17. The summed E-state index contributed by atoms with van der Waals surface area (Å²) in [6, 6.07) is 28.9. The number of halogens is 3. The molecule has 1 heterocycles. The third-order valence-corrected chi connectivity index (χ3v) is 10.4. The molecule has 1 fully saturated rings. The van der Waals surface area contributed by atoms with Gasteiger partial charge < -0.3 is 29.3 Å². The molecule has 270 valence electrons. The first kappa shape index (κ1) is 38.5. The maximum atomic E-state index is 13.9. The fraction of sp³-hybridized carbons (Fsp3) is 0.350. The summed E-state index contributed by atoms with van der Waals surface area (Å²) in [6.45, 7) is 3.33. The minimum absolute atomic E-state index is 0.0776. The van der Waals surface area contributed by atoms with Crippen LogP contribution < -0.4 is 19.5 Å². The van der Waals surface area contributed by atoms with Crippen LogP contribution in [0, 0.1) is 11.8 Å². The summed E-state index contributed by atoms with van der Waals surface area (Å²) >= 11 is 16.2. The van der Waals surface area contributed by atoms with E-state index in [0.717, 1.165) is 30.5 Å². The Hall–Kier alpha value is -3.76. The summed E-state index contributed by atoms with van der Waals surface area (Å²) in [5, 5.41) is 4.70. The van der Waals surface area contributed by atoms with Gasteiger partial charge in [-0.2, -0.15) is 0 Å². The molecule has 5 rings (SSSR count). The van der Waals surface area contributed by atoms with Gasteiger partial charge >= 0.3 is 6.09 Å².